The van der Waals surface area contributed by atoms with E-state index in [-0.39, 0.29) is 6.54 Å². The Morgan fingerprint density at radius 1 is 1.44 bits per heavy atom. The molecule has 1 aromatic heterocycles. The zero-order valence-corrected chi connectivity index (χ0v) is 8.49. The highest BCUT2D eigenvalue weighted by Gasteiger charge is 2.20. The molecule has 0 fully saturated rings. The number of hydrogen-bond acceptors (Lipinski definition) is 1. The summed E-state index contributed by atoms with van der Waals surface area (Å²) in [5, 5.41) is 8.42. The van der Waals surface area contributed by atoms with Crippen LogP contribution in [0.3, 0.4) is 0 Å². The van der Waals surface area contributed by atoms with E-state index in [9.17, 15) is 22.1 Å². The standard InChI is InChI=1S/C7H10N2O2.BF4/c1-2-8-3-4-9(6-8)5-7(10)11;2-1(3,4)5/h3-4,6H,2,5H2,1H3;/q;-1/p+1. The van der Waals surface area contributed by atoms with Crippen molar-refractivity contribution in [2.75, 3.05) is 0 Å². The van der Waals surface area contributed by atoms with Gasteiger partial charge in [-0.15, -0.1) is 0 Å². The van der Waals surface area contributed by atoms with Gasteiger partial charge in [-0.25, -0.2) is 13.9 Å². The fourth-order valence-electron chi connectivity index (χ4n) is 0.876. The lowest BCUT2D eigenvalue weighted by molar-refractivity contribution is -0.693. The van der Waals surface area contributed by atoms with Gasteiger partial charge in [0.2, 0.25) is 6.33 Å². The average Bonchev–Trinajstić information content (AvgIpc) is 2.48. The number of halogens is 4. The van der Waals surface area contributed by atoms with E-state index >= 15 is 0 Å². The highest BCUT2D eigenvalue weighted by molar-refractivity contribution is 6.50. The summed E-state index contributed by atoms with van der Waals surface area (Å²) in [6.07, 6.45) is 5.37. The Hall–Kier alpha value is -1.54. The minimum Gasteiger partial charge on any atom is -0.478 e. The molecule has 92 valence electrons. The molecule has 0 saturated heterocycles. The quantitative estimate of drug-likeness (QED) is 0.491. The third-order valence-electron chi connectivity index (χ3n) is 1.43. The lowest BCUT2D eigenvalue weighted by atomic mass is 10.3. The minimum absolute atomic E-state index is 0.0347. The maximum atomic E-state index is 10.2. The van der Waals surface area contributed by atoms with Gasteiger partial charge < -0.3 is 22.4 Å². The minimum atomic E-state index is -6.00. The van der Waals surface area contributed by atoms with Crippen molar-refractivity contribution < 1.29 is 31.7 Å². The molecule has 1 N–H and O–H groups in total. The maximum Gasteiger partial charge on any atom is 0.673 e. The third kappa shape index (κ3) is 9.04. The van der Waals surface area contributed by atoms with Gasteiger partial charge in [0, 0.05) is 0 Å². The largest absolute Gasteiger partial charge is 0.673 e. The summed E-state index contributed by atoms with van der Waals surface area (Å²) in [7, 11) is -6.00. The van der Waals surface area contributed by atoms with Gasteiger partial charge in [0.1, 0.15) is 12.4 Å². The lowest BCUT2D eigenvalue weighted by Crippen LogP contribution is -2.29. The molecule has 1 rings (SSSR count). The second-order valence-corrected chi connectivity index (χ2v) is 2.81. The third-order valence-corrected chi connectivity index (χ3v) is 1.43. The molecule has 0 atom stereocenters. The molecule has 0 saturated carbocycles. The van der Waals surface area contributed by atoms with Crippen molar-refractivity contribution >= 4 is 13.2 Å². The first-order chi connectivity index (χ1) is 7.22. The van der Waals surface area contributed by atoms with E-state index in [1.165, 1.54) is 0 Å². The molecular weight excluding hydrogens is 231 g/mol. The van der Waals surface area contributed by atoms with Crippen LogP contribution in [0.5, 0.6) is 0 Å². The van der Waals surface area contributed by atoms with E-state index in [2.05, 4.69) is 0 Å². The Bertz CT molecular complexity index is 333. The molecule has 0 bridgehead atoms. The van der Waals surface area contributed by atoms with Crippen molar-refractivity contribution in [1.29, 1.82) is 0 Å². The SMILES string of the molecule is CC[n+]1ccn(CC(=O)O)c1.F[B-](F)(F)F. The Kier molecular flexibility index (Phi) is 5.55. The molecule has 0 amide bonds. The fraction of sp³-hybridized carbons (Fsp3) is 0.429. The van der Waals surface area contributed by atoms with Crippen molar-refractivity contribution in [3.8, 4) is 0 Å². The van der Waals surface area contributed by atoms with Crippen LogP contribution in [0.4, 0.5) is 17.3 Å². The summed E-state index contributed by atoms with van der Waals surface area (Å²) >= 11 is 0. The number of imidazole rings is 1. The number of hydrogen-bond donors (Lipinski definition) is 1. The van der Waals surface area contributed by atoms with Crippen molar-refractivity contribution in [3.05, 3.63) is 18.7 Å². The highest BCUT2D eigenvalue weighted by Crippen LogP contribution is 2.06. The molecule has 4 nitrogen and oxygen atoms in total. The van der Waals surface area contributed by atoms with Crippen LogP contribution >= 0.6 is 0 Å². The number of aromatic nitrogens is 2. The van der Waals surface area contributed by atoms with Crippen LogP contribution in [0.1, 0.15) is 6.92 Å². The van der Waals surface area contributed by atoms with E-state index < -0.39 is 13.2 Å². The zero-order chi connectivity index (χ0) is 12.8. The van der Waals surface area contributed by atoms with Gasteiger partial charge in [0.15, 0.2) is 6.54 Å². The number of rotatable bonds is 3. The number of carboxylic acids is 1. The maximum absolute atomic E-state index is 10.2. The molecule has 0 aliphatic heterocycles. The van der Waals surface area contributed by atoms with E-state index in [1.54, 1.807) is 17.1 Å². The number of aryl methyl sites for hydroxylation is 1. The fourth-order valence-corrected chi connectivity index (χ4v) is 0.876. The van der Waals surface area contributed by atoms with Crippen LogP contribution < -0.4 is 4.57 Å². The summed E-state index contributed by atoms with van der Waals surface area (Å²) in [5.74, 6) is -0.816. The molecule has 0 aromatic carbocycles. The van der Waals surface area contributed by atoms with E-state index in [0.717, 1.165) is 6.54 Å². The normalized spacial score (nSPS) is 10.6. The summed E-state index contributed by atoms with van der Waals surface area (Å²) in [5.41, 5.74) is 0. The molecule has 0 aliphatic carbocycles. The first-order valence-corrected chi connectivity index (χ1v) is 4.36. The molecule has 9 heteroatoms. The van der Waals surface area contributed by atoms with Crippen LogP contribution in [0, 0.1) is 0 Å². The number of carboxylic acid groups (broad SMARTS) is 1. The van der Waals surface area contributed by atoms with E-state index in [1.807, 2.05) is 17.7 Å². The van der Waals surface area contributed by atoms with Crippen LogP contribution in [0.25, 0.3) is 0 Å². The van der Waals surface area contributed by atoms with Gasteiger partial charge in [-0.3, -0.25) is 0 Å². The van der Waals surface area contributed by atoms with Crippen molar-refractivity contribution in [3.63, 3.8) is 0 Å². The van der Waals surface area contributed by atoms with Gasteiger partial charge in [0.25, 0.3) is 0 Å². The van der Waals surface area contributed by atoms with Crippen molar-refractivity contribution in [2.45, 2.75) is 20.0 Å². The monoisotopic (exact) mass is 242 g/mol. The van der Waals surface area contributed by atoms with Crippen LogP contribution in [0.15, 0.2) is 18.7 Å². The van der Waals surface area contributed by atoms with Gasteiger partial charge >= 0.3 is 13.2 Å². The number of aliphatic carboxylic acids is 1. The van der Waals surface area contributed by atoms with Crippen LogP contribution in [-0.4, -0.2) is 22.9 Å². The second kappa shape index (κ2) is 6.14. The molecule has 0 spiro atoms. The molecular formula is C7H11BF4N2O2. The first kappa shape index (κ1) is 14.5. The molecule has 0 aliphatic rings. The van der Waals surface area contributed by atoms with Gasteiger partial charge in [-0.2, -0.15) is 0 Å². The summed E-state index contributed by atoms with van der Waals surface area (Å²) in [6, 6.07) is 0. The Balaban J connectivity index is 0.000000385. The number of nitrogens with zero attached hydrogens (tertiary/aromatic N) is 2. The Morgan fingerprint density at radius 2 is 1.94 bits per heavy atom. The van der Waals surface area contributed by atoms with Crippen molar-refractivity contribution in [2.24, 2.45) is 0 Å². The molecule has 1 heterocycles. The first-order valence-electron chi connectivity index (χ1n) is 4.36. The summed E-state index contributed by atoms with van der Waals surface area (Å²) in [6.45, 7) is 2.91. The summed E-state index contributed by atoms with van der Waals surface area (Å²) < 4.78 is 42.6. The topological polar surface area (TPSA) is 46.1 Å². The van der Waals surface area contributed by atoms with Crippen LogP contribution in [-0.2, 0) is 17.9 Å². The van der Waals surface area contributed by atoms with Gasteiger partial charge in [0.05, 0.1) is 6.54 Å². The Morgan fingerprint density at radius 3 is 2.25 bits per heavy atom. The lowest BCUT2D eigenvalue weighted by Gasteiger charge is -1.94. The molecule has 0 radical (unpaired) electrons. The summed E-state index contributed by atoms with van der Waals surface area (Å²) in [4.78, 5) is 10.2. The zero-order valence-electron chi connectivity index (χ0n) is 8.49. The second-order valence-electron chi connectivity index (χ2n) is 2.81. The highest BCUT2D eigenvalue weighted by atomic mass is 19.5. The predicted octanol–water partition coefficient (Wildman–Crippen LogP) is 1.18. The van der Waals surface area contributed by atoms with E-state index in [0.29, 0.717) is 0 Å². The van der Waals surface area contributed by atoms with Crippen LogP contribution in [0.2, 0.25) is 0 Å². The Labute approximate surface area is 89.2 Å². The smallest absolute Gasteiger partial charge is 0.478 e. The van der Waals surface area contributed by atoms with Gasteiger partial charge in [-0.1, -0.05) is 0 Å². The van der Waals surface area contributed by atoms with Gasteiger partial charge in [-0.05, 0) is 6.92 Å². The predicted molar refractivity (Wildman–Crippen MR) is 48.1 cm³/mol. The molecule has 0 unspecified atom stereocenters. The number of carbonyl (C=O) groups is 1. The molecule has 1 aromatic rings. The van der Waals surface area contributed by atoms with E-state index in [4.69, 9.17) is 5.11 Å². The average molecular weight is 242 g/mol. The van der Waals surface area contributed by atoms with Crippen molar-refractivity contribution in [1.82, 2.24) is 4.57 Å². The molecule has 16 heavy (non-hydrogen) atoms.